The van der Waals surface area contributed by atoms with Crippen LogP contribution in [-0.2, 0) is 4.74 Å². The van der Waals surface area contributed by atoms with Crippen LogP contribution < -0.4 is 10.6 Å². The topological polar surface area (TPSA) is 93.5 Å². The second kappa shape index (κ2) is 8.21. The number of ether oxygens (including phenoxy) is 1. The fourth-order valence-electron chi connectivity index (χ4n) is 2.15. The van der Waals surface area contributed by atoms with E-state index >= 15 is 0 Å². The summed E-state index contributed by atoms with van der Waals surface area (Å²) in [6.07, 6.45) is 1.69. The van der Waals surface area contributed by atoms with Crippen LogP contribution in [0.25, 0.3) is 0 Å². The molecule has 0 aliphatic carbocycles. The van der Waals surface area contributed by atoms with Crippen LogP contribution in [0.15, 0.2) is 18.2 Å². The quantitative estimate of drug-likeness (QED) is 0.566. The van der Waals surface area contributed by atoms with E-state index in [1.807, 2.05) is 6.92 Å². The molecular formula is C14H21N3O4. The minimum absolute atomic E-state index is 0.114. The molecule has 0 bridgehead atoms. The van der Waals surface area contributed by atoms with Crippen LogP contribution in [0.1, 0.15) is 30.1 Å². The van der Waals surface area contributed by atoms with E-state index < -0.39 is 4.92 Å². The Morgan fingerprint density at radius 1 is 1.48 bits per heavy atom. The molecule has 1 aromatic carbocycles. The van der Waals surface area contributed by atoms with Crippen molar-refractivity contribution in [3.63, 3.8) is 0 Å². The molecule has 21 heavy (non-hydrogen) atoms. The molecule has 1 atom stereocenters. The summed E-state index contributed by atoms with van der Waals surface area (Å²) >= 11 is 0. The van der Waals surface area contributed by atoms with Gasteiger partial charge in [-0.2, -0.15) is 0 Å². The molecule has 0 saturated heterocycles. The Bertz CT molecular complexity index is 499. The number of nitro groups is 1. The van der Waals surface area contributed by atoms with Gasteiger partial charge in [0.25, 0.3) is 11.6 Å². The molecule has 7 heteroatoms. The highest BCUT2D eigenvalue weighted by Crippen LogP contribution is 2.27. The molecule has 1 amide bonds. The average molecular weight is 295 g/mol. The number of hydrogen-bond acceptors (Lipinski definition) is 5. The number of amides is 1. The molecule has 0 heterocycles. The Morgan fingerprint density at radius 2 is 2.19 bits per heavy atom. The second-order valence-electron chi connectivity index (χ2n) is 4.62. The number of nitrogens with one attached hydrogen (secondary N) is 2. The molecule has 0 aliphatic heterocycles. The van der Waals surface area contributed by atoms with Crippen molar-refractivity contribution in [3.05, 3.63) is 33.9 Å². The summed E-state index contributed by atoms with van der Waals surface area (Å²) in [5.41, 5.74) is 0.348. The van der Waals surface area contributed by atoms with Crippen LogP contribution in [0.4, 0.5) is 11.4 Å². The molecule has 1 unspecified atom stereocenters. The Kier molecular flexibility index (Phi) is 6.61. The third-order valence-corrected chi connectivity index (χ3v) is 3.07. The van der Waals surface area contributed by atoms with E-state index in [0.29, 0.717) is 6.61 Å². The Morgan fingerprint density at radius 3 is 2.71 bits per heavy atom. The summed E-state index contributed by atoms with van der Waals surface area (Å²) < 4.78 is 5.07. The molecule has 0 spiro atoms. The van der Waals surface area contributed by atoms with Crippen LogP contribution in [0.5, 0.6) is 0 Å². The van der Waals surface area contributed by atoms with Gasteiger partial charge in [-0.15, -0.1) is 0 Å². The first kappa shape index (κ1) is 16.9. The second-order valence-corrected chi connectivity index (χ2v) is 4.62. The van der Waals surface area contributed by atoms with Gasteiger partial charge < -0.3 is 15.4 Å². The normalized spacial score (nSPS) is 11.8. The summed E-state index contributed by atoms with van der Waals surface area (Å²) in [4.78, 5) is 22.8. The molecule has 7 nitrogen and oxygen atoms in total. The number of hydrogen-bond donors (Lipinski definition) is 2. The van der Waals surface area contributed by atoms with Crippen molar-refractivity contribution < 1.29 is 14.5 Å². The van der Waals surface area contributed by atoms with Gasteiger partial charge in [0.05, 0.1) is 23.1 Å². The summed E-state index contributed by atoms with van der Waals surface area (Å²) in [6.45, 7) is 2.42. The first-order valence-electron chi connectivity index (χ1n) is 6.80. The summed E-state index contributed by atoms with van der Waals surface area (Å²) in [5, 5.41) is 16.6. The number of anilines is 1. The molecular weight excluding hydrogens is 274 g/mol. The van der Waals surface area contributed by atoms with E-state index in [2.05, 4.69) is 10.6 Å². The predicted octanol–water partition coefficient (Wildman–Crippen LogP) is 2.18. The zero-order valence-electron chi connectivity index (χ0n) is 12.5. The molecule has 0 saturated carbocycles. The summed E-state index contributed by atoms with van der Waals surface area (Å²) in [6, 6.07) is 4.31. The fraction of sp³-hybridized carbons (Fsp3) is 0.500. The first-order valence-corrected chi connectivity index (χ1v) is 6.80. The van der Waals surface area contributed by atoms with Crippen LogP contribution >= 0.6 is 0 Å². The van der Waals surface area contributed by atoms with Crippen LogP contribution in [0, 0.1) is 10.1 Å². The number of rotatable bonds is 8. The number of nitrogens with zero attached hydrogens (tertiary/aromatic N) is 1. The summed E-state index contributed by atoms with van der Waals surface area (Å²) in [5.74, 6) is -0.349. The van der Waals surface area contributed by atoms with Crippen molar-refractivity contribution in [2.24, 2.45) is 0 Å². The highest BCUT2D eigenvalue weighted by molar-refractivity contribution is 6.01. The molecule has 0 aliphatic rings. The average Bonchev–Trinajstić information content (AvgIpc) is 2.46. The minimum Gasteiger partial charge on any atom is -0.383 e. The zero-order valence-corrected chi connectivity index (χ0v) is 12.5. The molecule has 1 aromatic rings. The Hall–Kier alpha value is -2.15. The van der Waals surface area contributed by atoms with Gasteiger partial charge in [0.15, 0.2) is 0 Å². The molecule has 0 aromatic heterocycles. The van der Waals surface area contributed by atoms with Gasteiger partial charge in [0, 0.05) is 20.2 Å². The van der Waals surface area contributed by atoms with Crippen LogP contribution in [-0.4, -0.2) is 37.6 Å². The van der Waals surface area contributed by atoms with Crippen molar-refractivity contribution in [2.75, 3.05) is 26.1 Å². The Labute approximate surface area is 123 Å². The van der Waals surface area contributed by atoms with E-state index in [1.54, 1.807) is 20.2 Å². The number of carbonyl (C=O) groups is 1. The van der Waals surface area contributed by atoms with E-state index in [-0.39, 0.29) is 28.9 Å². The van der Waals surface area contributed by atoms with Gasteiger partial charge >= 0.3 is 0 Å². The lowest BCUT2D eigenvalue weighted by atomic mass is 10.1. The number of para-hydroxylation sites is 1. The van der Waals surface area contributed by atoms with Crippen molar-refractivity contribution >= 4 is 17.3 Å². The van der Waals surface area contributed by atoms with Crippen molar-refractivity contribution in [2.45, 2.75) is 25.8 Å². The van der Waals surface area contributed by atoms with Gasteiger partial charge in [-0.25, -0.2) is 0 Å². The lowest BCUT2D eigenvalue weighted by Gasteiger charge is -2.18. The van der Waals surface area contributed by atoms with Crippen LogP contribution in [0.3, 0.4) is 0 Å². The van der Waals surface area contributed by atoms with Gasteiger partial charge in [-0.05, 0) is 12.5 Å². The summed E-state index contributed by atoms with van der Waals surface area (Å²) in [7, 11) is 3.12. The maximum absolute atomic E-state index is 12.3. The molecule has 0 radical (unpaired) electrons. The predicted molar refractivity (Wildman–Crippen MR) is 80.7 cm³/mol. The van der Waals surface area contributed by atoms with Gasteiger partial charge in [-0.1, -0.05) is 19.4 Å². The first-order chi connectivity index (χ1) is 10.0. The van der Waals surface area contributed by atoms with E-state index in [9.17, 15) is 14.9 Å². The molecule has 116 valence electrons. The molecule has 0 fully saturated rings. The zero-order chi connectivity index (χ0) is 15.8. The number of methoxy groups -OCH3 is 1. The SMILES string of the molecule is CCCC(COC)NC(=O)c1cccc([N+](=O)[O-])c1NC. The number of carbonyl (C=O) groups excluding carboxylic acids is 1. The highest BCUT2D eigenvalue weighted by Gasteiger charge is 2.22. The van der Waals surface area contributed by atoms with Gasteiger partial charge in [0.1, 0.15) is 5.69 Å². The minimum atomic E-state index is -0.513. The lowest BCUT2D eigenvalue weighted by molar-refractivity contribution is -0.384. The van der Waals surface area contributed by atoms with E-state index in [1.165, 1.54) is 12.1 Å². The van der Waals surface area contributed by atoms with Crippen molar-refractivity contribution in [1.82, 2.24) is 5.32 Å². The lowest BCUT2D eigenvalue weighted by Crippen LogP contribution is -2.38. The monoisotopic (exact) mass is 295 g/mol. The fourth-order valence-corrected chi connectivity index (χ4v) is 2.15. The Balaban J connectivity index is 3.01. The van der Waals surface area contributed by atoms with Crippen molar-refractivity contribution in [1.29, 1.82) is 0 Å². The van der Waals surface area contributed by atoms with Gasteiger partial charge in [0.2, 0.25) is 0 Å². The number of nitro benzene ring substituents is 1. The van der Waals surface area contributed by atoms with E-state index in [0.717, 1.165) is 12.8 Å². The molecule has 2 N–H and O–H groups in total. The standard InChI is InChI=1S/C14H21N3O4/c1-4-6-10(9-21-3)16-14(18)11-7-5-8-12(17(19)20)13(11)15-2/h5,7-8,10,15H,4,6,9H2,1-3H3,(H,16,18). The largest absolute Gasteiger partial charge is 0.383 e. The van der Waals surface area contributed by atoms with Crippen molar-refractivity contribution in [3.8, 4) is 0 Å². The van der Waals surface area contributed by atoms with Gasteiger partial charge in [-0.3, -0.25) is 14.9 Å². The van der Waals surface area contributed by atoms with E-state index in [4.69, 9.17) is 4.74 Å². The number of benzene rings is 1. The maximum atomic E-state index is 12.3. The van der Waals surface area contributed by atoms with Crippen LogP contribution in [0.2, 0.25) is 0 Å². The third-order valence-electron chi connectivity index (χ3n) is 3.07. The third kappa shape index (κ3) is 4.42. The highest BCUT2D eigenvalue weighted by atomic mass is 16.6. The molecule has 1 rings (SSSR count). The maximum Gasteiger partial charge on any atom is 0.293 e. The smallest absolute Gasteiger partial charge is 0.293 e.